The molecular formula is C9H13N5O4. The van der Waals surface area contributed by atoms with Crippen LogP contribution in [0.15, 0.2) is 6.33 Å². The van der Waals surface area contributed by atoms with Gasteiger partial charge in [-0.3, -0.25) is 9.59 Å². The molecule has 0 aliphatic heterocycles. The van der Waals surface area contributed by atoms with Gasteiger partial charge in [-0.1, -0.05) is 0 Å². The number of nitrogens with zero attached hydrogens (tertiary/aromatic N) is 2. The van der Waals surface area contributed by atoms with Gasteiger partial charge in [-0.25, -0.2) is 14.3 Å². The Balaban J connectivity index is 2.68. The average Bonchev–Trinajstić information content (AvgIpc) is 2.68. The van der Waals surface area contributed by atoms with Gasteiger partial charge in [-0.15, -0.1) is 0 Å². The van der Waals surface area contributed by atoms with Crippen LogP contribution in [0, 0.1) is 0 Å². The standard InChI is InChI=1S/C9H13N5O4/c1-2-18-5(15)3-12-8(16)6-7(10)14(4-13-6)9(11)17/h4H,2-3,10H2,1H3,(H2,11,17)(H,12,16). The molecule has 2 amide bonds. The lowest BCUT2D eigenvalue weighted by molar-refractivity contribution is -0.141. The number of hydrogen-bond donors (Lipinski definition) is 3. The van der Waals surface area contributed by atoms with E-state index in [1.807, 2.05) is 0 Å². The Bertz CT molecular complexity index is 481. The highest BCUT2D eigenvalue weighted by molar-refractivity contribution is 5.99. The molecule has 0 aliphatic carbocycles. The van der Waals surface area contributed by atoms with Crippen molar-refractivity contribution in [2.24, 2.45) is 5.73 Å². The first-order valence-electron chi connectivity index (χ1n) is 5.03. The molecular weight excluding hydrogens is 242 g/mol. The summed E-state index contributed by atoms with van der Waals surface area (Å²) in [5.41, 5.74) is 10.3. The number of carbonyl (C=O) groups excluding carboxylic acids is 3. The van der Waals surface area contributed by atoms with Crippen LogP contribution in [-0.2, 0) is 9.53 Å². The van der Waals surface area contributed by atoms with Gasteiger partial charge in [0.15, 0.2) is 5.69 Å². The van der Waals surface area contributed by atoms with Gasteiger partial charge in [0.2, 0.25) is 0 Å². The van der Waals surface area contributed by atoms with Gasteiger partial charge in [0.05, 0.1) is 6.61 Å². The predicted octanol–water partition coefficient (Wildman–Crippen LogP) is -1.31. The smallest absolute Gasteiger partial charge is 0.325 e. The van der Waals surface area contributed by atoms with Crippen LogP contribution in [-0.4, -0.2) is 40.6 Å². The van der Waals surface area contributed by atoms with E-state index in [9.17, 15) is 14.4 Å². The monoisotopic (exact) mass is 255 g/mol. The van der Waals surface area contributed by atoms with Crippen LogP contribution in [0.3, 0.4) is 0 Å². The molecule has 98 valence electrons. The third-order valence-corrected chi connectivity index (χ3v) is 1.96. The molecule has 0 atom stereocenters. The summed E-state index contributed by atoms with van der Waals surface area (Å²) in [5.74, 6) is -1.47. The van der Waals surface area contributed by atoms with Gasteiger partial charge >= 0.3 is 12.0 Å². The number of anilines is 1. The molecule has 0 bridgehead atoms. The van der Waals surface area contributed by atoms with E-state index in [1.54, 1.807) is 6.92 Å². The van der Waals surface area contributed by atoms with E-state index in [1.165, 1.54) is 0 Å². The van der Waals surface area contributed by atoms with E-state index < -0.39 is 17.9 Å². The van der Waals surface area contributed by atoms with Crippen molar-refractivity contribution in [3.8, 4) is 0 Å². The zero-order valence-corrected chi connectivity index (χ0v) is 9.67. The molecule has 0 unspecified atom stereocenters. The van der Waals surface area contributed by atoms with E-state index in [-0.39, 0.29) is 24.7 Å². The Morgan fingerprint density at radius 3 is 2.67 bits per heavy atom. The maximum atomic E-state index is 11.6. The Labute approximate surface area is 102 Å². The van der Waals surface area contributed by atoms with Crippen molar-refractivity contribution < 1.29 is 19.1 Å². The summed E-state index contributed by atoms with van der Waals surface area (Å²) in [7, 11) is 0. The van der Waals surface area contributed by atoms with Gasteiger partial charge < -0.3 is 21.5 Å². The predicted molar refractivity (Wildman–Crippen MR) is 60.6 cm³/mol. The number of hydrogen-bond acceptors (Lipinski definition) is 6. The van der Waals surface area contributed by atoms with E-state index in [0.29, 0.717) is 0 Å². The second kappa shape index (κ2) is 5.66. The van der Waals surface area contributed by atoms with Crippen molar-refractivity contribution in [1.29, 1.82) is 0 Å². The molecule has 1 aromatic heterocycles. The van der Waals surface area contributed by atoms with Crippen molar-refractivity contribution in [1.82, 2.24) is 14.9 Å². The van der Waals surface area contributed by atoms with Crippen LogP contribution in [0.5, 0.6) is 0 Å². The summed E-state index contributed by atoms with van der Waals surface area (Å²) in [4.78, 5) is 37.1. The summed E-state index contributed by atoms with van der Waals surface area (Å²) < 4.78 is 5.44. The fraction of sp³-hybridized carbons (Fsp3) is 0.333. The number of carbonyl (C=O) groups is 3. The molecule has 0 aromatic carbocycles. The molecule has 18 heavy (non-hydrogen) atoms. The van der Waals surface area contributed by atoms with Gasteiger partial charge in [0.25, 0.3) is 5.91 Å². The number of nitrogens with one attached hydrogen (secondary N) is 1. The zero-order chi connectivity index (χ0) is 13.7. The van der Waals surface area contributed by atoms with Crippen molar-refractivity contribution >= 4 is 23.7 Å². The molecule has 0 saturated carbocycles. The van der Waals surface area contributed by atoms with Crippen molar-refractivity contribution in [3.05, 3.63) is 12.0 Å². The Hall–Kier alpha value is -2.58. The number of nitrogens with two attached hydrogens (primary N) is 2. The highest BCUT2D eigenvalue weighted by Crippen LogP contribution is 2.08. The number of imidazole rings is 1. The first-order valence-corrected chi connectivity index (χ1v) is 5.03. The molecule has 0 aliphatic rings. The lowest BCUT2D eigenvalue weighted by Gasteiger charge is -2.04. The molecule has 1 heterocycles. The Morgan fingerprint density at radius 2 is 2.17 bits per heavy atom. The van der Waals surface area contributed by atoms with Gasteiger partial charge in [0.1, 0.15) is 18.7 Å². The number of amides is 2. The van der Waals surface area contributed by atoms with Crippen LogP contribution < -0.4 is 16.8 Å². The normalized spacial score (nSPS) is 9.83. The summed E-state index contributed by atoms with van der Waals surface area (Å²) in [6.45, 7) is 1.55. The lowest BCUT2D eigenvalue weighted by Crippen LogP contribution is -2.31. The fourth-order valence-corrected chi connectivity index (χ4v) is 1.16. The van der Waals surface area contributed by atoms with E-state index in [4.69, 9.17) is 11.5 Å². The van der Waals surface area contributed by atoms with E-state index in [2.05, 4.69) is 15.0 Å². The molecule has 1 rings (SSSR count). The summed E-state index contributed by atoms with van der Waals surface area (Å²) in [5, 5.41) is 2.26. The van der Waals surface area contributed by atoms with Crippen molar-refractivity contribution in [2.75, 3.05) is 18.9 Å². The maximum Gasteiger partial charge on any atom is 0.325 e. The molecule has 9 heteroatoms. The van der Waals surface area contributed by atoms with Crippen LogP contribution in [0.4, 0.5) is 10.6 Å². The minimum Gasteiger partial charge on any atom is -0.465 e. The number of aromatic nitrogens is 2. The molecule has 9 nitrogen and oxygen atoms in total. The van der Waals surface area contributed by atoms with Gasteiger partial charge in [-0.05, 0) is 6.92 Å². The highest BCUT2D eigenvalue weighted by atomic mass is 16.5. The number of esters is 1. The second-order valence-corrected chi connectivity index (χ2v) is 3.17. The Morgan fingerprint density at radius 1 is 1.50 bits per heavy atom. The molecule has 0 radical (unpaired) electrons. The second-order valence-electron chi connectivity index (χ2n) is 3.17. The van der Waals surface area contributed by atoms with Crippen molar-refractivity contribution in [2.45, 2.75) is 6.92 Å². The van der Waals surface area contributed by atoms with Crippen LogP contribution >= 0.6 is 0 Å². The molecule has 1 aromatic rings. The number of nitrogen functional groups attached to an aromatic ring is 1. The number of ether oxygens (including phenoxy) is 1. The van der Waals surface area contributed by atoms with Crippen molar-refractivity contribution in [3.63, 3.8) is 0 Å². The third kappa shape index (κ3) is 2.97. The van der Waals surface area contributed by atoms with E-state index >= 15 is 0 Å². The topological polar surface area (TPSA) is 142 Å². The van der Waals surface area contributed by atoms with Crippen LogP contribution in [0.1, 0.15) is 17.4 Å². The molecule has 5 N–H and O–H groups in total. The fourth-order valence-electron chi connectivity index (χ4n) is 1.16. The quantitative estimate of drug-likeness (QED) is 0.570. The summed E-state index contributed by atoms with van der Waals surface area (Å²) in [6.07, 6.45) is 1.02. The van der Waals surface area contributed by atoms with Gasteiger partial charge in [0, 0.05) is 0 Å². The largest absolute Gasteiger partial charge is 0.465 e. The molecule has 0 spiro atoms. The van der Waals surface area contributed by atoms with E-state index in [0.717, 1.165) is 10.9 Å². The summed E-state index contributed by atoms with van der Waals surface area (Å²) >= 11 is 0. The molecule has 0 saturated heterocycles. The lowest BCUT2D eigenvalue weighted by atomic mass is 10.4. The van der Waals surface area contributed by atoms with Crippen LogP contribution in [0.2, 0.25) is 0 Å². The van der Waals surface area contributed by atoms with Crippen LogP contribution in [0.25, 0.3) is 0 Å². The minimum atomic E-state index is -0.857. The number of rotatable bonds is 4. The molecule has 0 fully saturated rings. The number of primary amides is 1. The zero-order valence-electron chi connectivity index (χ0n) is 9.67. The minimum absolute atomic E-state index is 0.182. The summed E-state index contributed by atoms with van der Waals surface area (Å²) in [6, 6.07) is -0.857. The first kappa shape index (κ1) is 13.5. The third-order valence-electron chi connectivity index (χ3n) is 1.96. The van der Waals surface area contributed by atoms with Gasteiger partial charge in [-0.2, -0.15) is 0 Å². The SMILES string of the molecule is CCOC(=O)CNC(=O)c1ncn(C(N)=O)c1N. The first-order chi connectivity index (χ1) is 8.47. The Kier molecular flexibility index (Phi) is 4.24. The average molecular weight is 255 g/mol. The maximum absolute atomic E-state index is 11.6. The highest BCUT2D eigenvalue weighted by Gasteiger charge is 2.18.